The highest BCUT2D eigenvalue weighted by Gasteiger charge is 2.10. The zero-order valence-electron chi connectivity index (χ0n) is 11.4. The molecule has 0 aliphatic rings. The number of hydrogen-bond acceptors (Lipinski definition) is 4. The van der Waals surface area contributed by atoms with Gasteiger partial charge in [-0.3, -0.25) is 0 Å². The summed E-state index contributed by atoms with van der Waals surface area (Å²) in [7, 11) is 1.60. The predicted molar refractivity (Wildman–Crippen MR) is 81.3 cm³/mol. The first-order chi connectivity index (χ1) is 10.2. The van der Waals surface area contributed by atoms with Crippen LogP contribution in [0.1, 0.15) is 11.1 Å². The third kappa shape index (κ3) is 3.58. The molecule has 6 heteroatoms. The van der Waals surface area contributed by atoms with Crippen molar-refractivity contribution in [2.24, 2.45) is 10.9 Å². The number of hydrogen-bond donors (Lipinski definition) is 2. The highest BCUT2D eigenvalue weighted by Crippen LogP contribution is 2.26. The van der Waals surface area contributed by atoms with Gasteiger partial charge in [0.05, 0.1) is 12.7 Å². The van der Waals surface area contributed by atoms with E-state index in [1.165, 1.54) is 0 Å². The maximum absolute atomic E-state index is 8.80. The molecule has 0 spiro atoms. The lowest BCUT2D eigenvalue weighted by molar-refractivity contribution is 0.295. The van der Waals surface area contributed by atoms with Gasteiger partial charge in [-0.05, 0) is 24.3 Å². The highest BCUT2D eigenvalue weighted by atomic mass is 35.5. The molecule has 0 heterocycles. The topological polar surface area (TPSA) is 77.1 Å². The van der Waals surface area contributed by atoms with Crippen molar-refractivity contribution in [1.29, 1.82) is 0 Å². The first kappa shape index (κ1) is 15.0. The Bertz CT molecular complexity index is 659. The van der Waals surface area contributed by atoms with E-state index in [1.807, 2.05) is 24.3 Å². The van der Waals surface area contributed by atoms with Crippen LogP contribution in [0.3, 0.4) is 0 Å². The summed E-state index contributed by atoms with van der Waals surface area (Å²) >= 11 is 5.96. The van der Waals surface area contributed by atoms with E-state index >= 15 is 0 Å². The molecule has 0 atom stereocenters. The average Bonchev–Trinajstić information content (AvgIpc) is 2.52. The van der Waals surface area contributed by atoms with Crippen molar-refractivity contribution in [3.8, 4) is 11.5 Å². The number of ether oxygens (including phenoxy) is 2. The molecule has 2 aromatic rings. The van der Waals surface area contributed by atoms with E-state index in [9.17, 15) is 0 Å². The monoisotopic (exact) mass is 306 g/mol. The zero-order chi connectivity index (χ0) is 15.2. The Labute approximate surface area is 127 Å². The lowest BCUT2D eigenvalue weighted by Gasteiger charge is -2.13. The Hall–Kier alpha value is -2.40. The van der Waals surface area contributed by atoms with E-state index in [0.29, 0.717) is 16.3 Å². The second-order valence-corrected chi connectivity index (χ2v) is 4.66. The predicted octanol–water partition coefficient (Wildman–Crippen LogP) is 3.02. The molecule has 0 bridgehead atoms. The van der Waals surface area contributed by atoms with Gasteiger partial charge in [0.25, 0.3) is 0 Å². The molecule has 0 saturated heterocycles. The molecule has 0 fully saturated rings. The number of para-hydroxylation sites is 1. The molecule has 0 aliphatic heterocycles. The number of nitrogens with zero attached hydrogens (tertiary/aromatic N) is 1. The molecule has 2 rings (SSSR count). The molecule has 0 unspecified atom stereocenters. The number of benzene rings is 2. The second kappa shape index (κ2) is 6.85. The number of amidine groups is 1. The van der Waals surface area contributed by atoms with Crippen LogP contribution in [0, 0.1) is 0 Å². The fourth-order valence-electron chi connectivity index (χ4n) is 1.86. The van der Waals surface area contributed by atoms with Gasteiger partial charge >= 0.3 is 0 Å². The molecular formula is C15H15ClN2O3. The SMILES string of the molecule is COc1ccccc1COc1cc(Cl)ccc1/C(N)=N/O. The number of nitrogens with two attached hydrogens (primary N) is 1. The number of methoxy groups -OCH3 is 1. The molecule has 5 nitrogen and oxygen atoms in total. The van der Waals surface area contributed by atoms with Gasteiger partial charge in [-0.2, -0.15) is 0 Å². The Morgan fingerprint density at radius 2 is 2.00 bits per heavy atom. The van der Waals surface area contributed by atoms with Gasteiger partial charge in [0.15, 0.2) is 5.84 Å². The van der Waals surface area contributed by atoms with Crippen molar-refractivity contribution in [3.05, 3.63) is 58.6 Å². The van der Waals surface area contributed by atoms with Gasteiger partial charge < -0.3 is 20.4 Å². The molecule has 0 radical (unpaired) electrons. The van der Waals surface area contributed by atoms with Gasteiger partial charge in [0.2, 0.25) is 0 Å². The Kier molecular flexibility index (Phi) is 4.90. The van der Waals surface area contributed by atoms with Crippen molar-refractivity contribution in [2.75, 3.05) is 7.11 Å². The smallest absolute Gasteiger partial charge is 0.173 e. The van der Waals surface area contributed by atoms with Crippen LogP contribution in [0.5, 0.6) is 11.5 Å². The summed E-state index contributed by atoms with van der Waals surface area (Å²) in [5.74, 6) is 1.12. The van der Waals surface area contributed by atoms with Crippen LogP contribution in [0.2, 0.25) is 5.02 Å². The first-order valence-corrected chi connectivity index (χ1v) is 6.55. The lowest BCUT2D eigenvalue weighted by atomic mass is 10.2. The van der Waals surface area contributed by atoms with Crippen LogP contribution in [0.25, 0.3) is 0 Å². The Balaban J connectivity index is 2.25. The third-order valence-corrected chi connectivity index (χ3v) is 3.14. The maximum atomic E-state index is 8.80. The van der Waals surface area contributed by atoms with Crippen LogP contribution >= 0.6 is 11.6 Å². The van der Waals surface area contributed by atoms with E-state index in [2.05, 4.69) is 5.16 Å². The minimum absolute atomic E-state index is 0.0401. The van der Waals surface area contributed by atoms with Crippen LogP contribution < -0.4 is 15.2 Å². The van der Waals surface area contributed by atoms with Crippen LogP contribution in [-0.4, -0.2) is 18.2 Å². The summed E-state index contributed by atoms with van der Waals surface area (Å²) in [5.41, 5.74) is 6.97. The van der Waals surface area contributed by atoms with Gasteiger partial charge in [0.1, 0.15) is 18.1 Å². The highest BCUT2D eigenvalue weighted by molar-refractivity contribution is 6.30. The Morgan fingerprint density at radius 1 is 1.24 bits per heavy atom. The molecule has 21 heavy (non-hydrogen) atoms. The first-order valence-electron chi connectivity index (χ1n) is 6.18. The second-order valence-electron chi connectivity index (χ2n) is 4.23. The minimum atomic E-state index is -0.0401. The minimum Gasteiger partial charge on any atom is -0.496 e. The van der Waals surface area contributed by atoms with Crippen molar-refractivity contribution in [3.63, 3.8) is 0 Å². The summed E-state index contributed by atoms with van der Waals surface area (Å²) < 4.78 is 11.0. The molecule has 0 saturated carbocycles. The van der Waals surface area contributed by atoms with E-state index in [4.69, 9.17) is 32.0 Å². The quantitative estimate of drug-likeness (QED) is 0.385. The van der Waals surface area contributed by atoms with Gasteiger partial charge in [0, 0.05) is 10.6 Å². The molecule has 2 aromatic carbocycles. The number of oxime groups is 1. The lowest BCUT2D eigenvalue weighted by Crippen LogP contribution is -2.15. The van der Waals surface area contributed by atoms with Crippen molar-refractivity contribution < 1.29 is 14.7 Å². The zero-order valence-corrected chi connectivity index (χ0v) is 12.2. The molecule has 110 valence electrons. The number of rotatable bonds is 5. The van der Waals surface area contributed by atoms with E-state index < -0.39 is 0 Å². The van der Waals surface area contributed by atoms with Gasteiger partial charge in [-0.25, -0.2) is 0 Å². The molecule has 3 N–H and O–H groups in total. The summed E-state index contributed by atoms with van der Waals surface area (Å²) in [5, 5.41) is 12.3. The summed E-state index contributed by atoms with van der Waals surface area (Å²) in [6, 6.07) is 12.4. The van der Waals surface area contributed by atoms with Crippen molar-refractivity contribution in [1.82, 2.24) is 0 Å². The maximum Gasteiger partial charge on any atom is 0.173 e. The van der Waals surface area contributed by atoms with E-state index in [-0.39, 0.29) is 12.4 Å². The number of halogens is 1. The summed E-state index contributed by atoms with van der Waals surface area (Å²) in [4.78, 5) is 0. The van der Waals surface area contributed by atoms with Crippen LogP contribution in [0.15, 0.2) is 47.6 Å². The van der Waals surface area contributed by atoms with E-state index in [1.54, 1.807) is 25.3 Å². The standard InChI is InChI=1S/C15H15ClN2O3/c1-20-13-5-3-2-4-10(13)9-21-14-8-11(16)6-7-12(14)15(17)18-19/h2-8,19H,9H2,1H3,(H2,17,18). The molecule has 0 amide bonds. The fraction of sp³-hybridized carbons (Fsp3) is 0.133. The van der Waals surface area contributed by atoms with E-state index in [0.717, 1.165) is 11.3 Å². The van der Waals surface area contributed by atoms with Gasteiger partial charge in [-0.1, -0.05) is 35.0 Å². The molecular weight excluding hydrogens is 292 g/mol. The summed E-state index contributed by atoms with van der Waals surface area (Å²) in [6.45, 7) is 0.274. The van der Waals surface area contributed by atoms with Crippen LogP contribution in [0.4, 0.5) is 0 Å². The average molecular weight is 307 g/mol. The fourth-order valence-corrected chi connectivity index (χ4v) is 2.02. The third-order valence-electron chi connectivity index (χ3n) is 2.90. The van der Waals surface area contributed by atoms with Crippen molar-refractivity contribution >= 4 is 17.4 Å². The Morgan fingerprint density at radius 3 is 2.71 bits per heavy atom. The van der Waals surface area contributed by atoms with Crippen molar-refractivity contribution in [2.45, 2.75) is 6.61 Å². The molecule has 0 aliphatic carbocycles. The summed E-state index contributed by atoms with van der Waals surface area (Å²) in [6.07, 6.45) is 0. The van der Waals surface area contributed by atoms with Gasteiger partial charge in [-0.15, -0.1) is 0 Å². The largest absolute Gasteiger partial charge is 0.496 e. The molecule has 0 aromatic heterocycles. The normalized spacial score (nSPS) is 11.2. The van der Waals surface area contributed by atoms with Crippen LogP contribution in [-0.2, 0) is 6.61 Å².